The SMILES string of the molecule is CN(C)C1CCN(c2ccc(CCN)cn2)CC1. The van der Waals surface area contributed by atoms with Gasteiger partial charge in [-0.25, -0.2) is 4.98 Å². The molecule has 2 heterocycles. The topological polar surface area (TPSA) is 45.4 Å². The van der Waals surface area contributed by atoms with Gasteiger partial charge in [-0.05, 0) is 51.5 Å². The molecule has 1 aliphatic rings. The second-order valence-electron chi connectivity index (χ2n) is 5.25. The van der Waals surface area contributed by atoms with Crippen molar-refractivity contribution >= 4 is 5.82 Å². The van der Waals surface area contributed by atoms with Crippen LogP contribution in [0.4, 0.5) is 5.82 Å². The highest BCUT2D eigenvalue weighted by Gasteiger charge is 2.21. The molecular formula is C14H24N4. The van der Waals surface area contributed by atoms with E-state index < -0.39 is 0 Å². The van der Waals surface area contributed by atoms with Crippen molar-refractivity contribution in [3.63, 3.8) is 0 Å². The lowest BCUT2D eigenvalue weighted by molar-refractivity contribution is 0.249. The van der Waals surface area contributed by atoms with E-state index in [1.54, 1.807) is 0 Å². The molecule has 2 N–H and O–H groups in total. The van der Waals surface area contributed by atoms with Gasteiger partial charge < -0.3 is 15.5 Å². The van der Waals surface area contributed by atoms with Gasteiger partial charge in [0, 0.05) is 25.3 Å². The van der Waals surface area contributed by atoms with Gasteiger partial charge in [-0.1, -0.05) is 6.07 Å². The molecule has 0 unspecified atom stereocenters. The minimum atomic E-state index is 0.690. The summed E-state index contributed by atoms with van der Waals surface area (Å²) in [5.74, 6) is 1.10. The predicted molar refractivity (Wildman–Crippen MR) is 75.9 cm³/mol. The number of piperidine rings is 1. The van der Waals surface area contributed by atoms with Gasteiger partial charge in [-0.3, -0.25) is 0 Å². The first-order valence-electron chi connectivity index (χ1n) is 6.77. The van der Waals surface area contributed by atoms with Gasteiger partial charge >= 0.3 is 0 Å². The van der Waals surface area contributed by atoms with Crippen LogP contribution in [0.1, 0.15) is 18.4 Å². The number of nitrogens with two attached hydrogens (primary N) is 1. The van der Waals surface area contributed by atoms with Crippen LogP contribution in [0.15, 0.2) is 18.3 Å². The van der Waals surface area contributed by atoms with E-state index in [4.69, 9.17) is 5.73 Å². The van der Waals surface area contributed by atoms with Gasteiger partial charge in [0.1, 0.15) is 5.82 Å². The zero-order valence-corrected chi connectivity index (χ0v) is 11.5. The highest BCUT2D eigenvalue weighted by Crippen LogP contribution is 2.20. The van der Waals surface area contributed by atoms with E-state index in [0.29, 0.717) is 6.54 Å². The highest BCUT2D eigenvalue weighted by molar-refractivity contribution is 5.39. The Hall–Kier alpha value is -1.13. The number of aromatic nitrogens is 1. The standard InChI is InChI=1S/C14H24N4/c1-17(2)13-6-9-18(10-7-13)14-4-3-12(5-8-15)11-16-14/h3-4,11,13H,5-10,15H2,1-2H3. The monoisotopic (exact) mass is 248 g/mol. The van der Waals surface area contributed by atoms with Crippen molar-refractivity contribution in [2.24, 2.45) is 5.73 Å². The molecule has 0 bridgehead atoms. The van der Waals surface area contributed by atoms with Crippen LogP contribution >= 0.6 is 0 Å². The Labute approximate surface area is 110 Å². The van der Waals surface area contributed by atoms with Gasteiger partial charge in [0.15, 0.2) is 0 Å². The molecule has 2 rings (SSSR count). The molecular weight excluding hydrogens is 224 g/mol. The molecule has 18 heavy (non-hydrogen) atoms. The van der Waals surface area contributed by atoms with Crippen LogP contribution in [-0.2, 0) is 6.42 Å². The fourth-order valence-electron chi connectivity index (χ4n) is 2.53. The maximum absolute atomic E-state index is 5.54. The molecule has 0 spiro atoms. The van der Waals surface area contributed by atoms with E-state index in [1.807, 2.05) is 6.20 Å². The molecule has 1 aromatic heterocycles. The quantitative estimate of drug-likeness (QED) is 0.867. The Bertz CT molecular complexity index is 353. The molecule has 1 aromatic rings. The maximum Gasteiger partial charge on any atom is 0.128 e. The van der Waals surface area contributed by atoms with Crippen molar-refractivity contribution in [2.75, 3.05) is 38.6 Å². The van der Waals surface area contributed by atoms with E-state index >= 15 is 0 Å². The Kier molecular flexibility index (Phi) is 4.55. The van der Waals surface area contributed by atoms with E-state index in [1.165, 1.54) is 18.4 Å². The average molecular weight is 248 g/mol. The van der Waals surface area contributed by atoms with E-state index in [-0.39, 0.29) is 0 Å². The molecule has 4 heteroatoms. The van der Waals surface area contributed by atoms with Gasteiger partial charge in [0.05, 0.1) is 0 Å². The van der Waals surface area contributed by atoms with Gasteiger partial charge in [0.2, 0.25) is 0 Å². The Morgan fingerprint density at radius 1 is 1.33 bits per heavy atom. The zero-order valence-electron chi connectivity index (χ0n) is 11.5. The summed E-state index contributed by atoms with van der Waals surface area (Å²) in [5, 5.41) is 0. The molecule has 0 saturated carbocycles. The molecule has 1 aliphatic heterocycles. The lowest BCUT2D eigenvalue weighted by Crippen LogP contribution is -2.42. The average Bonchev–Trinajstić information content (AvgIpc) is 2.40. The van der Waals surface area contributed by atoms with Crippen molar-refractivity contribution in [3.8, 4) is 0 Å². The normalized spacial score (nSPS) is 17.4. The van der Waals surface area contributed by atoms with Crippen LogP contribution in [0, 0.1) is 0 Å². The van der Waals surface area contributed by atoms with Crippen molar-refractivity contribution in [3.05, 3.63) is 23.9 Å². The third-order valence-electron chi connectivity index (χ3n) is 3.76. The van der Waals surface area contributed by atoms with Crippen molar-refractivity contribution in [1.82, 2.24) is 9.88 Å². The molecule has 0 radical (unpaired) electrons. The van der Waals surface area contributed by atoms with E-state index in [0.717, 1.165) is 31.4 Å². The van der Waals surface area contributed by atoms with Gasteiger partial charge in [0.25, 0.3) is 0 Å². The summed E-state index contributed by atoms with van der Waals surface area (Å²) in [6.07, 6.45) is 5.31. The largest absolute Gasteiger partial charge is 0.357 e. The van der Waals surface area contributed by atoms with Crippen LogP contribution in [-0.4, -0.2) is 49.7 Å². The van der Waals surface area contributed by atoms with Crippen LogP contribution in [0.5, 0.6) is 0 Å². The van der Waals surface area contributed by atoms with Gasteiger partial charge in [-0.15, -0.1) is 0 Å². The number of nitrogens with zero attached hydrogens (tertiary/aromatic N) is 3. The second kappa shape index (κ2) is 6.16. The molecule has 4 nitrogen and oxygen atoms in total. The maximum atomic E-state index is 5.54. The van der Waals surface area contributed by atoms with Crippen LogP contribution in [0.25, 0.3) is 0 Å². The Morgan fingerprint density at radius 3 is 2.56 bits per heavy atom. The van der Waals surface area contributed by atoms with E-state index in [9.17, 15) is 0 Å². The van der Waals surface area contributed by atoms with Crippen molar-refractivity contribution < 1.29 is 0 Å². The zero-order chi connectivity index (χ0) is 13.0. The fraction of sp³-hybridized carbons (Fsp3) is 0.643. The summed E-state index contributed by atoms with van der Waals surface area (Å²) < 4.78 is 0. The minimum Gasteiger partial charge on any atom is -0.357 e. The number of anilines is 1. The number of hydrogen-bond donors (Lipinski definition) is 1. The predicted octanol–water partition coefficient (Wildman–Crippen LogP) is 1.11. The second-order valence-corrected chi connectivity index (χ2v) is 5.25. The third-order valence-corrected chi connectivity index (χ3v) is 3.76. The Balaban J connectivity index is 1.93. The lowest BCUT2D eigenvalue weighted by atomic mass is 10.0. The van der Waals surface area contributed by atoms with Crippen LogP contribution in [0.3, 0.4) is 0 Å². The van der Waals surface area contributed by atoms with Crippen molar-refractivity contribution in [2.45, 2.75) is 25.3 Å². The van der Waals surface area contributed by atoms with Crippen molar-refractivity contribution in [1.29, 1.82) is 0 Å². The highest BCUT2D eigenvalue weighted by atomic mass is 15.2. The number of rotatable bonds is 4. The fourth-order valence-corrected chi connectivity index (χ4v) is 2.53. The molecule has 0 aliphatic carbocycles. The summed E-state index contributed by atoms with van der Waals surface area (Å²) >= 11 is 0. The lowest BCUT2D eigenvalue weighted by Gasteiger charge is -2.35. The first-order valence-corrected chi connectivity index (χ1v) is 6.77. The number of hydrogen-bond acceptors (Lipinski definition) is 4. The molecule has 0 atom stereocenters. The molecule has 100 valence electrons. The summed E-state index contributed by atoms with van der Waals surface area (Å²) in [6.45, 7) is 2.90. The minimum absolute atomic E-state index is 0.690. The summed E-state index contributed by atoms with van der Waals surface area (Å²) in [4.78, 5) is 9.26. The van der Waals surface area contributed by atoms with E-state index in [2.05, 4.69) is 41.0 Å². The molecule has 0 aromatic carbocycles. The third kappa shape index (κ3) is 3.21. The molecule has 0 amide bonds. The summed E-state index contributed by atoms with van der Waals surface area (Å²) in [7, 11) is 4.33. The summed E-state index contributed by atoms with van der Waals surface area (Å²) in [6, 6.07) is 4.99. The summed E-state index contributed by atoms with van der Waals surface area (Å²) in [5.41, 5.74) is 6.77. The van der Waals surface area contributed by atoms with Gasteiger partial charge in [-0.2, -0.15) is 0 Å². The molecule has 1 saturated heterocycles. The van der Waals surface area contributed by atoms with Crippen LogP contribution < -0.4 is 10.6 Å². The smallest absolute Gasteiger partial charge is 0.128 e. The van der Waals surface area contributed by atoms with Crippen LogP contribution in [0.2, 0.25) is 0 Å². The molecule has 1 fully saturated rings. The number of pyridine rings is 1. The first kappa shape index (κ1) is 13.3. The Morgan fingerprint density at radius 2 is 2.06 bits per heavy atom. The first-order chi connectivity index (χ1) is 8.70.